The second-order valence-corrected chi connectivity index (χ2v) is 7.65. The van der Waals surface area contributed by atoms with Crippen molar-refractivity contribution in [2.45, 2.75) is 39.5 Å². The first-order valence-electron chi connectivity index (χ1n) is 8.94. The van der Waals surface area contributed by atoms with Gasteiger partial charge in [-0.25, -0.2) is 0 Å². The van der Waals surface area contributed by atoms with Crippen molar-refractivity contribution in [3.8, 4) is 22.3 Å². The smallest absolute Gasteiger partial charge is 0.00736 e. The Hall–Kier alpha value is -2.34. The normalized spacial score (nSPS) is 19.7. The van der Waals surface area contributed by atoms with E-state index in [-0.39, 0.29) is 0 Å². The summed E-state index contributed by atoms with van der Waals surface area (Å²) in [7, 11) is 0. The molecule has 0 aliphatic heterocycles. The van der Waals surface area contributed by atoms with E-state index in [1.54, 1.807) is 0 Å². The molecule has 0 aromatic heterocycles. The van der Waals surface area contributed by atoms with Gasteiger partial charge in [0.05, 0.1) is 0 Å². The SMILES string of the molecule is Cc1ccc2c(c1)C(C)c1cc3c(cc1-2)C(C)c1cc(C)ccc1-3. The van der Waals surface area contributed by atoms with Gasteiger partial charge >= 0.3 is 0 Å². The van der Waals surface area contributed by atoms with Crippen LogP contribution in [0.1, 0.15) is 59.1 Å². The minimum atomic E-state index is 0.491. The predicted molar refractivity (Wildman–Crippen MR) is 102 cm³/mol. The maximum absolute atomic E-state index is 2.47. The maximum atomic E-state index is 2.47. The van der Waals surface area contributed by atoms with Crippen LogP contribution < -0.4 is 0 Å². The molecule has 0 bridgehead atoms. The van der Waals surface area contributed by atoms with Gasteiger partial charge in [0.25, 0.3) is 0 Å². The maximum Gasteiger partial charge on any atom is 0.00736 e. The Morgan fingerprint density at radius 3 is 1.29 bits per heavy atom. The van der Waals surface area contributed by atoms with Crippen LogP contribution in [0.3, 0.4) is 0 Å². The van der Waals surface area contributed by atoms with E-state index in [0.29, 0.717) is 11.8 Å². The molecule has 0 fully saturated rings. The van der Waals surface area contributed by atoms with E-state index < -0.39 is 0 Å². The van der Waals surface area contributed by atoms with Crippen LogP contribution >= 0.6 is 0 Å². The van der Waals surface area contributed by atoms with E-state index in [1.165, 1.54) is 55.6 Å². The number of fused-ring (bicyclic) bond motifs is 6. The molecule has 3 aromatic carbocycles. The highest BCUT2D eigenvalue weighted by atomic mass is 14.4. The molecule has 0 nitrogen and oxygen atoms in total. The van der Waals surface area contributed by atoms with Gasteiger partial charge in [0, 0.05) is 11.8 Å². The molecular formula is C24H22. The van der Waals surface area contributed by atoms with Gasteiger partial charge in [-0.05, 0) is 70.5 Å². The van der Waals surface area contributed by atoms with Gasteiger partial charge in [0.2, 0.25) is 0 Å². The summed E-state index contributed by atoms with van der Waals surface area (Å²) in [5.74, 6) is 0.981. The third kappa shape index (κ3) is 1.69. The Labute approximate surface area is 144 Å². The first-order chi connectivity index (χ1) is 11.5. The molecule has 0 heteroatoms. The monoisotopic (exact) mass is 310 g/mol. The van der Waals surface area contributed by atoms with E-state index in [0.717, 1.165) is 0 Å². The molecule has 0 N–H and O–H groups in total. The molecule has 0 heterocycles. The number of rotatable bonds is 0. The fraction of sp³-hybridized carbons (Fsp3) is 0.250. The minimum absolute atomic E-state index is 0.491. The summed E-state index contributed by atoms with van der Waals surface area (Å²) in [5.41, 5.74) is 14.5. The Kier molecular flexibility index (Phi) is 2.69. The lowest BCUT2D eigenvalue weighted by molar-refractivity contribution is 0.941. The summed E-state index contributed by atoms with van der Waals surface area (Å²) in [5, 5.41) is 0. The van der Waals surface area contributed by atoms with E-state index >= 15 is 0 Å². The van der Waals surface area contributed by atoms with E-state index in [2.05, 4.69) is 76.2 Å². The van der Waals surface area contributed by atoms with Crippen LogP contribution in [-0.4, -0.2) is 0 Å². The molecule has 24 heavy (non-hydrogen) atoms. The first kappa shape index (κ1) is 14.0. The largest absolute Gasteiger partial charge is 0.0587 e. The number of hydrogen-bond donors (Lipinski definition) is 0. The van der Waals surface area contributed by atoms with Gasteiger partial charge in [-0.15, -0.1) is 0 Å². The van der Waals surface area contributed by atoms with Gasteiger partial charge in [0.15, 0.2) is 0 Å². The molecule has 2 aliphatic rings. The van der Waals surface area contributed by atoms with Gasteiger partial charge in [-0.2, -0.15) is 0 Å². The first-order valence-corrected chi connectivity index (χ1v) is 8.94. The molecule has 0 amide bonds. The Morgan fingerprint density at radius 2 is 0.875 bits per heavy atom. The highest BCUT2D eigenvalue weighted by Crippen LogP contribution is 2.52. The quantitative estimate of drug-likeness (QED) is 0.440. The summed E-state index contributed by atoms with van der Waals surface area (Å²) < 4.78 is 0. The third-order valence-corrected chi connectivity index (χ3v) is 6.08. The minimum Gasteiger partial charge on any atom is -0.0587 e. The Morgan fingerprint density at radius 1 is 0.500 bits per heavy atom. The second-order valence-electron chi connectivity index (χ2n) is 7.65. The van der Waals surface area contributed by atoms with Crippen molar-refractivity contribution >= 4 is 0 Å². The van der Waals surface area contributed by atoms with Crippen molar-refractivity contribution in [2.75, 3.05) is 0 Å². The third-order valence-electron chi connectivity index (χ3n) is 6.08. The van der Waals surface area contributed by atoms with Crippen LogP contribution in [0.5, 0.6) is 0 Å². The van der Waals surface area contributed by atoms with E-state index in [9.17, 15) is 0 Å². The summed E-state index contributed by atoms with van der Waals surface area (Å²) in [6.45, 7) is 9.09. The van der Waals surface area contributed by atoms with Crippen LogP contribution in [0.2, 0.25) is 0 Å². The fourth-order valence-electron chi connectivity index (χ4n) is 4.72. The zero-order valence-corrected chi connectivity index (χ0v) is 14.8. The molecular weight excluding hydrogens is 288 g/mol. The molecule has 3 aromatic rings. The molecule has 0 radical (unpaired) electrons. The molecule has 5 rings (SSSR count). The van der Waals surface area contributed by atoms with Crippen molar-refractivity contribution in [3.63, 3.8) is 0 Å². The van der Waals surface area contributed by atoms with Gasteiger partial charge in [-0.1, -0.05) is 61.4 Å². The van der Waals surface area contributed by atoms with Crippen LogP contribution in [0, 0.1) is 13.8 Å². The molecule has 0 spiro atoms. The number of aryl methyl sites for hydroxylation is 2. The molecule has 2 unspecified atom stereocenters. The van der Waals surface area contributed by atoms with Crippen molar-refractivity contribution in [2.24, 2.45) is 0 Å². The summed E-state index contributed by atoms with van der Waals surface area (Å²) >= 11 is 0. The lowest BCUT2D eigenvalue weighted by atomic mass is 9.93. The Balaban J connectivity index is 1.77. The van der Waals surface area contributed by atoms with Gasteiger partial charge in [-0.3, -0.25) is 0 Å². The number of benzene rings is 3. The van der Waals surface area contributed by atoms with Gasteiger partial charge < -0.3 is 0 Å². The predicted octanol–water partition coefficient (Wildman–Crippen LogP) is 6.57. The summed E-state index contributed by atoms with van der Waals surface area (Å²) in [6.07, 6.45) is 0. The molecule has 0 saturated carbocycles. The van der Waals surface area contributed by atoms with Crippen molar-refractivity contribution < 1.29 is 0 Å². The average Bonchev–Trinajstić information content (AvgIpc) is 2.99. The number of hydrogen-bond acceptors (Lipinski definition) is 0. The zero-order valence-electron chi connectivity index (χ0n) is 14.8. The average molecular weight is 310 g/mol. The van der Waals surface area contributed by atoms with Crippen molar-refractivity contribution in [1.82, 2.24) is 0 Å². The van der Waals surface area contributed by atoms with Gasteiger partial charge in [0.1, 0.15) is 0 Å². The van der Waals surface area contributed by atoms with E-state index in [4.69, 9.17) is 0 Å². The van der Waals surface area contributed by atoms with Crippen LogP contribution in [0.15, 0.2) is 48.5 Å². The molecule has 0 saturated heterocycles. The molecule has 2 aliphatic carbocycles. The molecule has 2 atom stereocenters. The fourth-order valence-corrected chi connectivity index (χ4v) is 4.72. The van der Waals surface area contributed by atoms with E-state index in [1.807, 2.05) is 0 Å². The lowest BCUT2D eigenvalue weighted by Gasteiger charge is -2.11. The zero-order chi connectivity index (χ0) is 16.6. The van der Waals surface area contributed by atoms with Crippen LogP contribution in [0.25, 0.3) is 22.3 Å². The van der Waals surface area contributed by atoms with Crippen LogP contribution in [-0.2, 0) is 0 Å². The highest BCUT2D eigenvalue weighted by Gasteiger charge is 2.32. The lowest BCUT2D eigenvalue weighted by Crippen LogP contribution is -1.93. The topological polar surface area (TPSA) is 0 Å². The van der Waals surface area contributed by atoms with Crippen molar-refractivity contribution in [3.05, 3.63) is 81.9 Å². The second kappa shape index (κ2) is 4.60. The molecule has 118 valence electrons. The van der Waals surface area contributed by atoms with Crippen molar-refractivity contribution in [1.29, 1.82) is 0 Å². The summed E-state index contributed by atoms with van der Waals surface area (Å²) in [4.78, 5) is 0. The summed E-state index contributed by atoms with van der Waals surface area (Å²) in [6, 6.07) is 18.8. The van der Waals surface area contributed by atoms with Crippen LogP contribution in [0.4, 0.5) is 0 Å². The standard InChI is InChI=1S/C24H22/c1-13-5-7-17-19(9-13)15(3)21-11-24-18-8-6-14(2)10-20(18)16(4)22(24)12-23(17)21/h5-12,15-16H,1-4H3. The highest BCUT2D eigenvalue weighted by molar-refractivity contribution is 5.87. The Bertz CT molecular complexity index is 924.